The predicted octanol–water partition coefficient (Wildman–Crippen LogP) is -2.95. The topological polar surface area (TPSA) is 328 Å². The molecule has 2 saturated heterocycles. The van der Waals surface area contributed by atoms with Crippen LogP contribution >= 0.6 is 24.6 Å². The summed E-state index contributed by atoms with van der Waals surface area (Å²) in [5.74, 6) is -1.85. The van der Waals surface area contributed by atoms with E-state index in [2.05, 4.69) is 27.1 Å². The molecule has 0 amide bonds. The number of aliphatic hydroxyl groups is 2. The number of rotatable bonds is 17. The molecule has 9 atom stereocenters. The van der Waals surface area contributed by atoms with E-state index in [4.69, 9.17) is 37.6 Å². The van der Waals surface area contributed by atoms with Crippen molar-refractivity contribution in [3.8, 4) is 0 Å². The molecule has 0 aromatic carbocycles. The van der Waals surface area contributed by atoms with Crippen LogP contribution in [0.15, 0.2) is 0 Å². The van der Waals surface area contributed by atoms with Gasteiger partial charge in [-0.3, -0.25) is 17.5 Å². The van der Waals surface area contributed by atoms with Gasteiger partial charge in [-0.2, -0.15) is 16.8 Å². The smallest absolute Gasteiger partial charge is 0.397 e. The Kier molecular flexibility index (Phi) is 13.8. The maximum atomic E-state index is 11.6. The molecule has 23 nitrogen and oxygen atoms in total. The largest absolute Gasteiger partial charge is 0.479 e. The Balaban J connectivity index is 2.36. The number of carboxylic acids is 1. The van der Waals surface area contributed by atoms with Crippen molar-refractivity contribution in [3.05, 3.63) is 0 Å². The van der Waals surface area contributed by atoms with Gasteiger partial charge in [0.05, 0.1) is 13.2 Å². The van der Waals surface area contributed by atoms with Gasteiger partial charge in [0.2, 0.25) is 0 Å². The number of hydrogen-bond acceptors (Lipinski definition) is 22. The standard InChI is InChI=1S/C12H20O23S4/c13-5-3(2-26-38(19,20)21)27-4(1-25-36-34-32-17)7(5)28-12-10(31-39(22,23)24)8(30-37-35-33-18)6(14)9(29-12)11(15)16/h3-10,12-14,17-18H,1-2H2,(H,15,16)(H,19,20,21)(H,22,23,24). The summed E-state index contributed by atoms with van der Waals surface area (Å²) in [7, 11) is -10.4. The van der Waals surface area contributed by atoms with Crippen LogP contribution in [0.2, 0.25) is 0 Å². The van der Waals surface area contributed by atoms with Gasteiger partial charge in [0.15, 0.2) is 43.1 Å². The zero-order valence-corrected chi connectivity index (χ0v) is 21.7. The molecule has 39 heavy (non-hydrogen) atoms. The van der Waals surface area contributed by atoms with Gasteiger partial charge in [-0.05, 0) is 0 Å². The van der Waals surface area contributed by atoms with Crippen molar-refractivity contribution in [1.82, 2.24) is 0 Å². The SMILES string of the molecule is O=C(O)C1OC(OC2C(COSOOO)OC(COS(=O)(=O)O)C2O)C(OS(=O)(=O)O)C(OSOOO)C1O. The molecule has 2 aliphatic heterocycles. The minimum absolute atomic E-state index is 0.0284. The minimum atomic E-state index is -5.42. The van der Waals surface area contributed by atoms with Gasteiger partial charge in [-0.1, -0.05) is 10.1 Å². The summed E-state index contributed by atoms with van der Waals surface area (Å²) in [6.07, 6.45) is -17.9. The second-order valence-electron chi connectivity index (χ2n) is 7.03. The summed E-state index contributed by atoms with van der Waals surface area (Å²) < 4.78 is 105. The van der Waals surface area contributed by atoms with Gasteiger partial charge in [0.25, 0.3) is 0 Å². The van der Waals surface area contributed by atoms with E-state index >= 15 is 0 Å². The zero-order valence-electron chi connectivity index (χ0n) is 18.4. The molecule has 9 unspecified atom stereocenters. The molecule has 2 rings (SSSR count). The molecule has 2 aliphatic rings. The van der Waals surface area contributed by atoms with Crippen LogP contribution in [0.25, 0.3) is 0 Å². The average Bonchev–Trinajstić information content (AvgIpc) is 3.11. The zero-order chi connectivity index (χ0) is 29.4. The Hall–Kier alpha value is -0.610. The quantitative estimate of drug-likeness (QED) is 0.0269. The van der Waals surface area contributed by atoms with Crippen molar-refractivity contribution in [3.63, 3.8) is 0 Å². The minimum Gasteiger partial charge on any atom is -0.479 e. The molecule has 0 bridgehead atoms. The van der Waals surface area contributed by atoms with Crippen LogP contribution in [0.3, 0.4) is 0 Å². The van der Waals surface area contributed by atoms with Crippen LogP contribution in [-0.4, -0.2) is 126 Å². The summed E-state index contributed by atoms with van der Waals surface area (Å²) in [5.41, 5.74) is 0. The molecular weight excluding hydrogens is 640 g/mol. The van der Waals surface area contributed by atoms with Crippen molar-refractivity contribution in [2.24, 2.45) is 0 Å². The van der Waals surface area contributed by atoms with Gasteiger partial charge in [-0.15, -0.1) is 8.67 Å². The van der Waals surface area contributed by atoms with Crippen molar-refractivity contribution < 1.29 is 106 Å². The van der Waals surface area contributed by atoms with Gasteiger partial charge in [-0.25, -0.2) is 23.7 Å². The molecule has 0 radical (unpaired) electrons. The maximum absolute atomic E-state index is 11.6. The van der Waals surface area contributed by atoms with Gasteiger partial charge < -0.3 is 29.5 Å². The lowest BCUT2D eigenvalue weighted by Gasteiger charge is -2.42. The van der Waals surface area contributed by atoms with E-state index in [0.717, 1.165) is 0 Å². The third-order valence-electron chi connectivity index (χ3n) is 4.65. The molecule has 0 aromatic rings. The lowest BCUT2D eigenvalue weighted by molar-refractivity contribution is -0.435. The molecule has 7 N–H and O–H groups in total. The summed E-state index contributed by atoms with van der Waals surface area (Å²) in [5, 5.41) is 53.3. The molecule has 0 aromatic heterocycles. The third-order valence-corrected chi connectivity index (χ3v) is 6.31. The number of aliphatic hydroxyl groups excluding tert-OH is 2. The van der Waals surface area contributed by atoms with Crippen molar-refractivity contribution in [1.29, 1.82) is 0 Å². The van der Waals surface area contributed by atoms with E-state index in [1.807, 2.05) is 0 Å². The van der Waals surface area contributed by atoms with Crippen LogP contribution in [-0.2, 0) is 75.3 Å². The maximum Gasteiger partial charge on any atom is 0.397 e. The number of hydrogen-bond donors (Lipinski definition) is 7. The molecule has 0 aliphatic carbocycles. The molecule has 2 fully saturated rings. The predicted molar refractivity (Wildman–Crippen MR) is 111 cm³/mol. The summed E-state index contributed by atoms with van der Waals surface area (Å²) in [6, 6.07) is 0. The van der Waals surface area contributed by atoms with Crippen LogP contribution in [0, 0.1) is 0 Å². The lowest BCUT2D eigenvalue weighted by atomic mass is 9.98. The Bertz CT molecular complexity index is 976. The van der Waals surface area contributed by atoms with E-state index in [1.165, 1.54) is 0 Å². The first-order chi connectivity index (χ1) is 18.2. The second-order valence-corrected chi connectivity index (χ2v) is 10.1. The Morgan fingerprint density at radius 1 is 0.821 bits per heavy atom. The first kappa shape index (κ1) is 34.6. The fourth-order valence-corrected chi connectivity index (χ4v) is 4.66. The Morgan fingerprint density at radius 3 is 2.03 bits per heavy atom. The normalized spacial score (nSPS) is 33.8. The van der Waals surface area contributed by atoms with E-state index in [-0.39, 0.29) is 24.6 Å². The molecule has 2 heterocycles. The summed E-state index contributed by atoms with van der Waals surface area (Å²) >= 11 is -0.227. The molecule has 0 saturated carbocycles. The number of carbonyl (C=O) groups is 1. The molecule has 0 spiro atoms. The van der Waals surface area contributed by atoms with E-state index < -0.39 is 95.1 Å². The van der Waals surface area contributed by atoms with E-state index in [0.29, 0.717) is 0 Å². The first-order valence-corrected chi connectivity index (χ1v) is 13.6. The molecule has 27 heteroatoms. The fraction of sp³-hybridized carbons (Fsp3) is 0.917. The third kappa shape index (κ3) is 11.0. The van der Waals surface area contributed by atoms with Crippen molar-refractivity contribution in [2.45, 2.75) is 55.1 Å². The summed E-state index contributed by atoms with van der Waals surface area (Å²) in [4.78, 5) is 11.6. The van der Waals surface area contributed by atoms with E-state index in [1.54, 1.807) is 0 Å². The van der Waals surface area contributed by atoms with Gasteiger partial charge in [0, 0.05) is 0 Å². The van der Waals surface area contributed by atoms with E-state index in [9.17, 15) is 41.5 Å². The molecular formula is C12H20O23S4. The summed E-state index contributed by atoms with van der Waals surface area (Å²) in [6.45, 7) is -1.65. The Labute approximate surface area is 226 Å². The highest BCUT2D eigenvalue weighted by Crippen LogP contribution is 2.34. The monoisotopic (exact) mass is 660 g/mol. The van der Waals surface area contributed by atoms with Crippen LogP contribution < -0.4 is 0 Å². The number of aliphatic carboxylic acids is 1. The lowest BCUT2D eigenvalue weighted by Crippen LogP contribution is -2.63. The highest BCUT2D eigenvalue weighted by atomic mass is 32.3. The Morgan fingerprint density at radius 2 is 1.46 bits per heavy atom. The second kappa shape index (κ2) is 15.6. The first-order valence-electron chi connectivity index (χ1n) is 9.58. The highest BCUT2D eigenvalue weighted by Gasteiger charge is 2.55. The number of carboxylic acid groups (broad SMARTS) is 1. The van der Waals surface area contributed by atoms with Crippen molar-refractivity contribution >= 4 is 51.4 Å². The average molecular weight is 661 g/mol. The van der Waals surface area contributed by atoms with Crippen LogP contribution in [0.1, 0.15) is 0 Å². The highest BCUT2D eigenvalue weighted by molar-refractivity contribution is 7.89. The van der Waals surface area contributed by atoms with Crippen molar-refractivity contribution in [2.75, 3.05) is 13.2 Å². The van der Waals surface area contributed by atoms with Gasteiger partial charge >= 0.3 is 26.8 Å². The molecule has 230 valence electrons. The number of ether oxygens (including phenoxy) is 3. The fourth-order valence-electron chi connectivity index (χ4n) is 3.25. The van der Waals surface area contributed by atoms with Crippen LogP contribution in [0.5, 0.6) is 0 Å². The van der Waals surface area contributed by atoms with Crippen LogP contribution in [0.4, 0.5) is 0 Å². The van der Waals surface area contributed by atoms with Gasteiger partial charge in [0.1, 0.15) is 36.6 Å².